The van der Waals surface area contributed by atoms with E-state index in [-0.39, 0.29) is 15.0 Å². The molecule has 2 N–H and O–H groups in total. The van der Waals surface area contributed by atoms with Crippen molar-refractivity contribution in [1.29, 1.82) is 5.26 Å². The summed E-state index contributed by atoms with van der Waals surface area (Å²) in [5.74, 6) is 0. The quantitative estimate of drug-likeness (QED) is 0.573. The van der Waals surface area contributed by atoms with Gasteiger partial charge in [-0.3, -0.25) is 0 Å². The SMILES string of the molecule is C=C(C#N)[Se]C1=C(N)CCCC1. The molecular weight excluding hydrogens is 215 g/mol. The predicted molar refractivity (Wildman–Crippen MR) is 50.2 cm³/mol. The third kappa shape index (κ3) is 2.41. The second kappa shape index (κ2) is 4.35. The minimum absolute atomic E-state index is 0.124. The van der Waals surface area contributed by atoms with E-state index in [0.717, 1.165) is 18.5 Å². The van der Waals surface area contributed by atoms with Gasteiger partial charge in [0, 0.05) is 0 Å². The molecule has 12 heavy (non-hydrogen) atoms. The van der Waals surface area contributed by atoms with Crippen LogP contribution in [0.3, 0.4) is 0 Å². The van der Waals surface area contributed by atoms with Gasteiger partial charge in [-0.15, -0.1) is 0 Å². The molecule has 0 bridgehead atoms. The van der Waals surface area contributed by atoms with Gasteiger partial charge in [-0.2, -0.15) is 0 Å². The Kier molecular flexibility index (Phi) is 3.40. The van der Waals surface area contributed by atoms with Crippen molar-refractivity contribution in [3.63, 3.8) is 0 Å². The molecule has 0 aromatic carbocycles. The number of rotatable bonds is 2. The Bertz CT molecular complexity index is 260. The molecule has 1 aliphatic carbocycles. The molecule has 0 amide bonds. The fourth-order valence-corrected chi connectivity index (χ4v) is 2.92. The monoisotopic (exact) mass is 228 g/mol. The Morgan fingerprint density at radius 3 is 2.75 bits per heavy atom. The first kappa shape index (κ1) is 9.38. The molecule has 0 atom stereocenters. The van der Waals surface area contributed by atoms with E-state index in [1.165, 1.54) is 17.3 Å². The molecule has 0 fully saturated rings. The van der Waals surface area contributed by atoms with E-state index >= 15 is 0 Å². The van der Waals surface area contributed by atoms with Crippen molar-refractivity contribution in [1.82, 2.24) is 0 Å². The molecule has 3 heteroatoms. The summed E-state index contributed by atoms with van der Waals surface area (Å²) in [6.07, 6.45) is 4.50. The maximum absolute atomic E-state index is 8.55. The number of hydrogen-bond donors (Lipinski definition) is 1. The zero-order valence-corrected chi connectivity index (χ0v) is 8.68. The van der Waals surface area contributed by atoms with Crippen LogP contribution in [0.15, 0.2) is 21.2 Å². The average molecular weight is 227 g/mol. The van der Waals surface area contributed by atoms with Crippen LogP contribution < -0.4 is 5.73 Å². The van der Waals surface area contributed by atoms with E-state index in [4.69, 9.17) is 11.0 Å². The van der Waals surface area contributed by atoms with Crippen LogP contribution in [0.2, 0.25) is 0 Å². The fraction of sp³-hybridized carbons (Fsp3) is 0.444. The summed E-state index contributed by atoms with van der Waals surface area (Å²) in [6.45, 7) is 3.68. The van der Waals surface area contributed by atoms with E-state index in [9.17, 15) is 0 Å². The third-order valence-corrected chi connectivity index (χ3v) is 4.03. The van der Waals surface area contributed by atoms with Crippen molar-refractivity contribution >= 4 is 15.0 Å². The van der Waals surface area contributed by atoms with Crippen LogP contribution in [0.5, 0.6) is 0 Å². The molecular formula is C9H12N2Se. The molecule has 0 saturated heterocycles. The van der Waals surface area contributed by atoms with Crippen LogP contribution in [0.25, 0.3) is 0 Å². The molecule has 0 saturated carbocycles. The van der Waals surface area contributed by atoms with E-state index in [0.29, 0.717) is 4.47 Å². The van der Waals surface area contributed by atoms with Gasteiger partial charge in [-0.25, -0.2) is 0 Å². The summed E-state index contributed by atoms with van der Waals surface area (Å²) in [4.78, 5) is 0. The van der Waals surface area contributed by atoms with Gasteiger partial charge in [0.05, 0.1) is 0 Å². The van der Waals surface area contributed by atoms with Gasteiger partial charge in [0.25, 0.3) is 0 Å². The van der Waals surface area contributed by atoms with Crippen LogP contribution in [0, 0.1) is 11.3 Å². The van der Waals surface area contributed by atoms with Crippen LogP contribution >= 0.6 is 0 Å². The van der Waals surface area contributed by atoms with Gasteiger partial charge >= 0.3 is 78.9 Å². The predicted octanol–water partition coefficient (Wildman–Crippen LogP) is 1.47. The van der Waals surface area contributed by atoms with Gasteiger partial charge in [-0.1, -0.05) is 0 Å². The standard InChI is InChI=1S/C9H12N2Se/c1-7(6-10)12-9-5-3-2-4-8(9)11/h1-5,11H2. The Balaban J connectivity index is 2.62. The van der Waals surface area contributed by atoms with Crippen LogP contribution in [-0.2, 0) is 0 Å². The fourth-order valence-electron chi connectivity index (χ4n) is 1.19. The van der Waals surface area contributed by atoms with Crippen LogP contribution in [0.1, 0.15) is 25.7 Å². The summed E-state index contributed by atoms with van der Waals surface area (Å²) in [5, 5.41) is 8.55. The van der Waals surface area contributed by atoms with E-state index in [2.05, 4.69) is 12.6 Å². The molecule has 0 aliphatic heterocycles. The first-order valence-corrected chi connectivity index (χ1v) is 5.69. The van der Waals surface area contributed by atoms with Gasteiger partial charge in [0.1, 0.15) is 0 Å². The van der Waals surface area contributed by atoms with Crippen molar-refractivity contribution in [3.8, 4) is 6.07 Å². The van der Waals surface area contributed by atoms with Crippen LogP contribution in [-0.4, -0.2) is 15.0 Å². The van der Waals surface area contributed by atoms with Gasteiger partial charge in [-0.05, 0) is 0 Å². The Morgan fingerprint density at radius 2 is 2.17 bits per heavy atom. The molecule has 2 nitrogen and oxygen atoms in total. The summed E-state index contributed by atoms with van der Waals surface area (Å²) in [7, 11) is 0. The number of nitriles is 1. The molecule has 64 valence electrons. The molecule has 0 aromatic rings. The van der Waals surface area contributed by atoms with Crippen LogP contribution in [0.4, 0.5) is 0 Å². The average Bonchev–Trinajstić information content (AvgIpc) is 2.09. The minimum atomic E-state index is 0.124. The zero-order valence-electron chi connectivity index (χ0n) is 6.97. The number of allylic oxidation sites excluding steroid dienone is 3. The molecule has 0 radical (unpaired) electrons. The van der Waals surface area contributed by atoms with Gasteiger partial charge in [0.15, 0.2) is 0 Å². The molecule has 0 spiro atoms. The molecule has 0 aromatic heterocycles. The summed E-state index contributed by atoms with van der Waals surface area (Å²) in [6, 6.07) is 2.08. The zero-order chi connectivity index (χ0) is 8.97. The van der Waals surface area contributed by atoms with Crippen molar-refractivity contribution < 1.29 is 0 Å². The first-order valence-electron chi connectivity index (χ1n) is 3.98. The molecule has 1 rings (SSSR count). The summed E-state index contributed by atoms with van der Waals surface area (Å²) >= 11 is 0.124. The normalized spacial score (nSPS) is 17.2. The van der Waals surface area contributed by atoms with Crippen molar-refractivity contribution in [2.45, 2.75) is 25.7 Å². The molecule has 1 aliphatic rings. The Morgan fingerprint density at radius 1 is 1.50 bits per heavy atom. The Labute approximate surface area is 79.3 Å². The third-order valence-electron chi connectivity index (χ3n) is 1.83. The summed E-state index contributed by atoms with van der Waals surface area (Å²) in [5.41, 5.74) is 6.84. The number of hydrogen-bond acceptors (Lipinski definition) is 2. The number of nitrogens with zero attached hydrogens (tertiary/aromatic N) is 1. The second-order valence-corrected chi connectivity index (χ2v) is 5.29. The van der Waals surface area contributed by atoms with E-state index in [1.807, 2.05) is 0 Å². The Hall–Kier alpha value is -0.711. The van der Waals surface area contributed by atoms with Crippen molar-refractivity contribution in [2.24, 2.45) is 5.73 Å². The number of nitrogens with two attached hydrogens (primary N) is 1. The topological polar surface area (TPSA) is 49.8 Å². The van der Waals surface area contributed by atoms with Crippen molar-refractivity contribution in [3.05, 3.63) is 21.2 Å². The van der Waals surface area contributed by atoms with Gasteiger partial charge in [0.2, 0.25) is 0 Å². The first-order chi connectivity index (χ1) is 5.74. The second-order valence-electron chi connectivity index (χ2n) is 2.79. The summed E-state index contributed by atoms with van der Waals surface area (Å²) < 4.78 is 1.97. The van der Waals surface area contributed by atoms with E-state index < -0.39 is 0 Å². The molecule has 0 heterocycles. The van der Waals surface area contributed by atoms with Gasteiger partial charge < -0.3 is 0 Å². The molecule has 0 unspecified atom stereocenters. The van der Waals surface area contributed by atoms with E-state index in [1.54, 1.807) is 0 Å². The van der Waals surface area contributed by atoms with Crippen molar-refractivity contribution in [2.75, 3.05) is 0 Å². The maximum atomic E-state index is 8.55.